The molecule has 1 saturated heterocycles. The first kappa shape index (κ1) is 14.8. The van der Waals surface area contributed by atoms with Crippen LogP contribution in [0.3, 0.4) is 0 Å². The number of rotatable bonds is 6. The first-order chi connectivity index (χ1) is 10.2. The number of hydrazone groups is 1. The number of nitriles is 1. The van der Waals surface area contributed by atoms with E-state index in [0.29, 0.717) is 31.6 Å². The molecule has 1 unspecified atom stereocenters. The van der Waals surface area contributed by atoms with Gasteiger partial charge in [0.1, 0.15) is 6.61 Å². The Morgan fingerprint density at radius 1 is 1.52 bits per heavy atom. The minimum atomic E-state index is -0.384. The SMILES string of the molecule is N#CCCC=NN(O)c1ccc(CC2COC(=O)N2)cc1. The predicted octanol–water partition coefficient (Wildman–Crippen LogP) is 1.82. The zero-order valence-electron chi connectivity index (χ0n) is 11.4. The molecule has 1 aliphatic heterocycles. The van der Waals surface area contributed by atoms with Crippen molar-refractivity contribution in [2.75, 3.05) is 11.8 Å². The summed E-state index contributed by atoms with van der Waals surface area (Å²) in [5.41, 5.74) is 1.55. The fourth-order valence-electron chi connectivity index (χ4n) is 1.92. The lowest BCUT2D eigenvalue weighted by molar-refractivity contribution is 0.177. The number of hydrogen-bond donors (Lipinski definition) is 2. The molecule has 21 heavy (non-hydrogen) atoms. The zero-order chi connectivity index (χ0) is 15.1. The van der Waals surface area contributed by atoms with Gasteiger partial charge in [0.2, 0.25) is 0 Å². The minimum absolute atomic E-state index is 0.0161. The largest absolute Gasteiger partial charge is 0.447 e. The van der Waals surface area contributed by atoms with E-state index in [1.54, 1.807) is 12.1 Å². The van der Waals surface area contributed by atoms with E-state index in [1.807, 2.05) is 18.2 Å². The Morgan fingerprint density at radius 3 is 2.90 bits per heavy atom. The molecule has 7 heteroatoms. The van der Waals surface area contributed by atoms with Crippen LogP contribution in [0.1, 0.15) is 18.4 Å². The van der Waals surface area contributed by atoms with Gasteiger partial charge in [-0.2, -0.15) is 10.4 Å². The molecule has 1 fully saturated rings. The Kier molecular flexibility index (Phi) is 5.12. The standard InChI is InChI=1S/C14H16N4O3/c15-7-1-2-8-16-18(20)13-5-3-11(4-6-13)9-12-10-21-14(19)17-12/h3-6,8,12,20H,1-2,9-10H2,(H,17,19). The summed E-state index contributed by atoms with van der Waals surface area (Å²) in [5.74, 6) is 0. The number of amides is 1. The van der Waals surface area contributed by atoms with Crippen LogP contribution in [-0.4, -0.2) is 30.2 Å². The summed E-state index contributed by atoms with van der Waals surface area (Å²) in [6, 6.07) is 9.15. The smallest absolute Gasteiger partial charge is 0.407 e. The number of anilines is 1. The lowest BCUT2D eigenvalue weighted by Crippen LogP contribution is -2.28. The van der Waals surface area contributed by atoms with Crippen molar-refractivity contribution in [1.29, 1.82) is 5.26 Å². The molecule has 2 N–H and O–H groups in total. The number of hydrogen-bond acceptors (Lipinski definition) is 6. The number of nitrogens with one attached hydrogen (secondary N) is 1. The number of carbonyl (C=O) groups is 1. The molecule has 1 atom stereocenters. The van der Waals surface area contributed by atoms with Gasteiger partial charge in [0.15, 0.2) is 0 Å². The molecule has 1 aromatic rings. The zero-order valence-corrected chi connectivity index (χ0v) is 11.4. The Balaban J connectivity index is 1.87. The van der Waals surface area contributed by atoms with E-state index >= 15 is 0 Å². The van der Waals surface area contributed by atoms with Crippen LogP contribution in [0, 0.1) is 11.3 Å². The molecule has 1 aliphatic rings. The summed E-state index contributed by atoms with van der Waals surface area (Å²) in [7, 11) is 0. The topological polar surface area (TPSA) is 98.0 Å². The van der Waals surface area contributed by atoms with Crippen LogP contribution >= 0.6 is 0 Å². The van der Waals surface area contributed by atoms with E-state index in [0.717, 1.165) is 10.7 Å². The second kappa shape index (κ2) is 7.26. The quantitative estimate of drug-likeness (QED) is 0.472. The Labute approximate surface area is 122 Å². The average Bonchev–Trinajstić information content (AvgIpc) is 2.89. The third-order valence-corrected chi connectivity index (χ3v) is 2.96. The number of unbranched alkanes of at least 4 members (excludes halogenated alkanes) is 1. The lowest BCUT2D eigenvalue weighted by Gasteiger charge is -2.12. The molecule has 0 aromatic heterocycles. The highest BCUT2D eigenvalue weighted by molar-refractivity contribution is 5.69. The maximum Gasteiger partial charge on any atom is 0.407 e. The molecule has 0 spiro atoms. The van der Waals surface area contributed by atoms with Gasteiger partial charge in [-0.15, -0.1) is 5.17 Å². The van der Waals surface area contributed by atoms with Crippen molar-refractivity contribution in [2.24, 2.45) is 5.10 Å². The van der Waals surface area contributed by atoms with Gasteiger partial charge in [-0.05, 0) is 30.5 Å². The summed E-state index contributed by atoms with van der Waals surface area (Å²) in [4.78, 5) is 10.9. The normalized spacial score (nSPS) is 17.3. The van der Waals surface area contributed by atoms with Crippen LogP contribution in [-0.2, 0) is 11.2 Å². The molecule has 0 saturated carbocycles. The van der Waals surface area contributed by atoms with E-state index in [9.17, 15) is 10.0 Å². The van der Waals surface area contributed by atoms with E-state index in [-0.39, 0.29) is 12.1 Å². The molecular weight excluding hydrogens is 272 g/mol. The van der Waals surface area contributed by atoms with Gasteiger partial charge < -0.3 is 10.1 Å². The van der Waals surface area contributed by atoms with Crippen LogP contribution in [0.15, 0.2) is 29.4 Å². The first-order valence-corrected chi connectivity index (χ1v) is 6.59. The number of benzene rings is 1. The maximum atomic E-state index is 10.9. The number of nitrogens with zero attached hydrogens (tertiary/aromatic N) is 3. The molecule has 0 bridgehead atoms. The number of carbonyl (C=O) groups excluding carboxylic acids is 1. The van der Waals surface area contributed by atoms with Crippen molar-refractivity contribution in [3.63, 3.8) is 0 Å². The number of cyclic esters (lactones) is 1. The number of ether oxygens (including phenoxy) is 1. The first-order valence-electron chi connectivity index (χ1n) is 6.59. The van der Waals surface area contributed by atoms with Gasteiger partial charge in [0.25, 0.3) is 0 Å². The van der Waals surface area contributed by atoms with Crippen molar-refractivity contribution in [2.45, 2.75) is 25.3 Å². The van der Waals surface area contributed by atoms with Gasteiger partial charge in [-0.3, -0.25) is 5.21 Å². The van der Waals surface area contributed by atoms with Crippen molar-refractivity contribution in [3.05, 3.63) is 29.8 Å². The second-order valence-corrected chi connectivity index (χ2v) is 4.59. The Morgan fingerprint density at radius 2 is 2.29 bits per heavy atom. The maximum absolute atomic E-state index is 10.9. The molecule has 7 nitrogen and oxygen atoms in total. The lowest BCUT2D eigenvalue weighted by atomic mass is 10.1. The van der Waals surface area contributed by atoms with Crippen LogP contribution in [0.5, 0.6) is 0 Å². The van der Waals surface area contributed by atoms with Gasteiger partial charge in [0.05, 0.1) is 17.8 Å². The van der Waals surface area contributed by atoms with Crippen LogP contribution in [0.25, 0.3) is 0 Å². The molecule has 110 valence electrons. The van der Waals surface area contributed by atoms with Crippen LogP contribution in [0.4, 0.5) is 10.5 Å². The second-order valence-electron chi connectivity index (χ2n) is 4.59. The third-order valence-electron chi connectivity index (χ3n) is 2.96. The van der Waals surface area contributed by atoms with Crippen molar-refractivity contribution < 1.29 is 14.7 Å². The predicted molar refractivity (Wildman–Crippen MR) is 76.0 cm³/mol. The highest BCUT2D eigenvalue weighted by Crippen LogP contribution is 2.16. The third kappa shape index (κ3) is 4.47. The molecule has 1 amide bonds. The van der Waals surface area contributed by atoms with Gasteiger partial charge in [0, 0.05) is 12.6 Å². The van der Waals surface area contributed by atoms with Gasteiger partial charge in [-0.25, -0.2) is 4.79 Å². The summed E-state index contributed by atoms with van der Waals surface area (Å²) in [6.45, 7) is 0.371. The summed E-state index contributed by atoms with van der Waals surface area (Å²) in [5, 5.41) is 25.4. The molecular formula is C14H16N4O3. The van der Waals surface area contributed by atoms with E-state index in [4.69, 9.17) is 10.00 Å². The Hall–Kier alpha value is -2.59. The summed E-state index contributed by atoms with van der Waals surface area (Å²) >= 11 is 0. The van der Waals surface area contributed by atoms with E-state index in [2.05, 4.69) is 10.4 Å². The monoisotopic (exact) mass is 288 g/mol. The molecule has 1 heterocycles. The Bertz CT molecular complexity index is 550. The van der Waals surface area contributed by atoms with E-state index < -0.39 is 0 Å². The molecule has 0 aliphatic carbocycles. The fraction of sp³-hybridized carbons (Fsp3) is 0.357. The van der Waals surface area contributed by atoms with Gasteiger partial charge >= 0.3 is 6.09 Å². The highest BCUT2D eigenvalue weighted by Gasteiger charge is 2.22. The van der Waals surface area contributed by atoms with Crippen LogP contribution in [0.2, 0.25) is 0 Å². The van der Waals surface area contributed by atoms with Crippen LogP contribution < -0.4 is 10.5 Å². The molecule has 1 aromatic carbocycles. The average molecular weight is 288 g/mol. The highest BCUT2D eigenvalue weighted by atomic mass is 16.6. The van der Waals surface area contributed by atoms with E-state index in [1.165, 1.54) is 6.21 Å². The summed E-state index contributed by atoms with van der Waals surface area (Å²) in [6.07, 6.45) is 2.63. The molecule has 2 rings (SSSR count). The van der Waals surface area contributed by atoms with Gasteiger partial charge in [-0.1, -0.05) is 12.1 Å². The fourth-order valence-corrected chi connectivity index (χ4v) is 1.92. The minimum Gasteiger partial charge on any atom is -0.447 e. The molecule has 0 radical (unpaired) electrons. The summed E-state index contributed by atoms with van der Waals surface area (Å²) < 4.78 is 4.82. The van der Waals surface area contributed by atoms with Crippen molar-refractivity contribution >= 4 is 18.0 Å². The van der Waals surface area contributed by atoms with Crippen molar-refractivity contribution in [1.82, 2.24) is 5.32 Å². The van der Waals surface area contributed by atoms with Crippen molar-refractivity contribution in [3.8, 4) is 6.07 Å². The number of alkyl carbamates (subject to hydrolysis) is 1.